The molecular formula is C8H16BrN. The molecule has 10 heavy (non-hydrogen) atoms. The van der Waals surface area contributed by atoms with Gasteiger partial charge in [-0.25, -0.2) is 0 Å². The third-order valence-corrected chi connectivity index (χ3v) is 2.87. The summed E-state index contributed by atoms with van der Waals surface area (Å²) in [5, 5.41) is 3.49. The molecule has 0 aliphatic carbocycles. The molecule has 0 aromatic rings. The van der Waals surface area contributed by atoms with Crippen molar-refractivity contribution in [2.75, 3.05) is 6.54 Å². The lowest BCUT2D eigenvalue weighted by molar-refractivity contribution is 0.446. The van der Waals surface area contributed by atoms with E-state index in [1.165, 1.54) is 25.7 Å². The monoisotopic (exact) mass is 205 g/mol. The Morgan fingerprint density at radius 1 is 1.30 bits per heavy atom. The predicted molar refractivity (Wildman–Crippen MR) is 48.6 cm³/mol. The van der Waals surface area contributed by atoms with E-state index in [-0.39, 0.29) is 0 Å². The molecule has 0 bridgehead atoms. The minimum absolute atomic E-state index is 0.704. The summed E-state index contributed by atoms with van der Waals surface area (Å²) < 4.78 is 0. The number of alkyl halides is 1. The first-order chi connectivity index (χ1) is 4.79. The van der Waals surface area contributed by atoms with Gasteiger partial charge in [0.2, 0.25) is 0 Å². The summed E-state index contributed by atoms with van der Waals surface area (Å²) in [7, 11) is 0. The fourth-order valence-electron chi connectivity index (χ4n) is 1.35. The third-order valence-electron chi connectivity index (χ3n) is 2.09. The van der Waals surface area contributed by atoms with E-state index in [1.54, 1.807) is 0 Å². The largest absolute Gasteiger partial charge is 0.313 e. The zero-order chi connectivity index (χ0) is 7.40. The van der Waals surface area contributed by atoms with Crippen molar-refractivity contribution in [2.45, 2.75) is 43.5 Å². The van der Waals surface area contributed by atoms with Crippen LogP contribution in [0.5, 0.6) is 0 Å². The molecule has 0 radical (unpaired) electrons. The lowest BCUT2D eigenvalue weighted by Gasteiger charge is -2.20. The van der Waals surface area contributed by atoms with Crippen LogP contribution in [0.3, 0.4) is 0 Å². The maximum absolute atomic E-state index is 3.64. The second-order valence-corrected chi connectivity index (χ2v) is 4.49. The highest BCUT2D eigenvalue weighted by molar-refractivity contribution is 9.09. The molecule has 2 atom stereocenters. The Balaban J connectivity index is 2.23. The summed E-state index contributed by atoms with van der Waals surface area (Å²) >= 11 is 3.64. The second kappa shape index (κ2) is 4.35. The fourth-order valence-corrected chi connectivity index (χ4v) is 1.86. The summed E-state index contributed by atoms with van der Waals surface area (Å²) in [6.07, 6.45) is 5.46. The van der Waals surface area contributed by atoms with Gasteiger partial charge in [0.1, 0.15) is 0 Å². The first-order valence-corrected chi connectivity index (χ1v) is 5.08. The second-order valence-electron chi connectivity index (χ2n) is 3.19. The van der Waals surface area contributed by atoms with E-state index in [2.05, 4.69) is 28.2 Å². The van der Waals surface area contributed by atoms with E-state index in [1.807, 2.05) is 0 Å². The molecule has 1 saturated heterocycles. The number of halogens is 1. The van der Waals surface area contributed by atoms with Crippen molar-refractivity contribution in [3.8, 4) is 0 Å². The Labute approximate surface area is 71.7 Å². The highest BCUT2D eigenvalue weighted by atomic mass is 79.9. The highest BCUT2D eigenvalue weighted by Crippen LogP contribution is 2.14. The lowest BCUT2D eigenvalue weighted by atomic mass is 10.1. The zero-order valence-corrected chi connectivity index (χ0v) is 8.15. The summed E-state index contributed by atoms with van der Waals surface area (Å²) in [6.45, 7) is 3.41. The standard InChI is InChI=1S/C8H16BrN/c1-7-4-2-3-5-8(9)6-10-7/h7-8,10H,2-6H2,1H3. The van der Waals surface area contributed by atoms with Crippen LogP contribution < -0.4 is 5.32 Å². The van der Waals surface area contributed by atoms with Crippen LogP contribution >= 0.6 is 15.9 Å². The van der Waals surface area contributed by atoms with E-state index in [0.717, 1.165) is 12.6 Å². The molecule has 0 aromatic heterocycles. The predicted octanol–water partition coefficient (Wildman–Crippen LogP) is 2.30. The van der Waals surface area contributed by atoms with Crippen molar-refractivity contribution in [2.24, 2.45) is 0 Å². The van der Waals surface area contributed by atoms with E-state index in [0.29, 0.717) is 4.83 Å². The zero-order valence-electron chi connectivity index (χ0n) is 6.57. The van der Waals surface area contributed by atoms with Gasteiger partial charge in [0, 0.05) is 17.4 Å². The smallest absolute Gasteiger partial charge is 0.0270 e. The van der Waals surface area contributed by atoms with Gasteiger partial charge in [0.15, 0.2) is 0 Å². The quantitative estimate of drug-likeness (QED) is 0.599. The molecule has 60 valence electrons. The average molecular weight is 206 g/mol. The maximum Gasteiger partial charge on any atom is 0.0270 e. The molecule has 1 aliphatic heterocycles. The number of nitrogens with one attached hydrogen (secondary N) is 1. The van der Waals surface area contributed by atoms with E-state index >= 15 is 0 Å². The minimum Gasteiger partial charge on any atom is -0.313 e. The Bertz CT molecular complexity index is 83.3. The van der Waals surface area contributed by atoms with Crippen LogP contribution in [0.4, 0.5) is 0 Å². The molecule has 1 heterocycles. The van der Waals surface area contributed by atoms with E-state index in [9.17, 15) is 0 Å². The molecule has 1 aliphatic rings. The van der Waals surface area contributed by atoms with Gasteiger partial charge in [-0.1, -0.05) is 28.8 Å². The lowest BCUT2D eigenvalue weighted by Crippen LogP contribution is -2.33. The normalized spacial score (nSPS) is 36.6. The molecule has 0 amide bonds. The Morgan fingerprint density at radius 3 is 2.80 bits per heavy atom. The van der Waals surface area contributed by atoms with Gasteiger partial charge in [-0.3, -0.25) is 0 Å². The van der Waals surface area contributed by atoms with Gasteiger partial charge in [-0.15, -0.1) is 0 Å². The van der Waals surface area contributed by atoms with Crippen LogP contribution in [-0.2, 0) is 0 Å². The van der Waals surface area contributed by atoms with Gasteiger partial charge in [0.25, 0.3) is 0 Å². The van der Waals surface area contributed by atoms with Crippen LogP contribution in [0.2, 0.25) is 0 Å². The fraction of sp³-hybridized carbons (Fsp3) is 1.00. The first kappa shape index (κ1) is 8.54. The van der Waals surface area contributed by atoms with Crippen molar-refractivity contribution in [1.29, 1.82) is 0 Å². The van der Waals surface area contributed by atoms with Crippen LogP contribution in [0.1, 0.15) is 32.6 Å². The summed E-state index contributed by atoms with van der Waals surface area (Å²) in [5.41, 5.74) is 0. The molecule has 0 saturated carbocycles. The van der Waals surface area contributed by atoms with Crippen LogP contribution in [-0.4, -0.2) is 17.4 Å². The first-order valence-electron chi connectivity index (χ1n) is 4.16. The van der Waals surface area contributed by atoms with E-state index < -0.39 is 0 Å². The molecule has 2 heteroatoms. The topological polar surface area (TPSA) is 12.0 Å². The number of hydrogen-bond donors (Lipinski definition) is 1. The van der Waals surface area contributed by atoms with Crippen molar-refractivity contribution in [3.63, 3.8) is 0 Å². The van der Waals surface area contributed by atoms with Gasteiger partial charge in [-0.05, 0) is 19.8 Å². The molecular weight excluding hydrogens is 190 g/mol. The number of hydrogen-bond acceptors (Lipinski definition) is 1. The van der Waals surface area contributed by atoms with Crippen LogP contribution in [0.15, 0.2) is 0 Å². The molecule has 0 spiro atoms. The van der Waals surface area contributed by atoms with Crippen molar-refractivity contribution in [3.05, 3.63) is 0 Å². The van der Waals surface area contributed by atoms with Crippen LogP contribution in [0, 0.1) is 0 Å². The van der Waals surface area contributed by atoms with Gasteiger partial charge in [0.05, 0.1) is 0 Å². The van der Waals surface area contributed by atoms with Crippen molar-refractivity contribution in [1.82, 2.24) is 5.32 Å². The minimum atomic E-state index is 0.704. The Morgan fingerprint density at radius 2 is 2.00 bits per heavy atom. The molecule has 2 unspecified atom stereocenters. The average Bonchev–Trinajstić information content (AvgIpc) is 1.90. The Kier molecular flexibility index (Phi) is 3.71. The number of rotatable bonds is 0. The third kappa shape index (κ3) is 3.02. The summed E-state index contributed by atoms with van der Waals surface area (Å²) in [5.74, 6) is 0. The highest BCUT2D eigenvalue weighted by Gasteiger charge is 2.10. The molecule has 0 aromatic carbocycles. The SMILES string of the molecule is CC1CCCCC(Br)CN1. The summed E-state index contributed by atoms with van der Waals surface area (Å²) in [6, 6.07) is 0.723. The van der Waals surface area contributed by atoms with Gasteiger partial charge < -0.3 is 5.32 Å². The van der Waals surface area contributed by atoms with Crippen molar-refractivity contribution >= 4 is 15.9 Å². The molecule has 1 rings (SSSR count). The van der Waals surface area contributed by atoms with Gasteiger partial charge >= 0.3 is 0 Å². The van der Waals surface area contributed by atoms with E-state index in [4.69, 9.17) is 0 Å². The van der Waals surface area contributed by atoms with Crippen molar-refractivity contribution < 1.29 is 0 Å². The van der Waals surface area contributed by atoms with Crippen LogP contribution in [0.25, 0.3) is 0 Å². The molecule has 1 N–H and O–H groups in total. The molecule has 1 fully saturated rings. The summed E-state index contributed by atoms with van der Waals surface area (Å²) in [4.78, 5) is 0.704. The Hall–Kier alpha value is 0.440. The van der Waals surface area contributed by atoms with Gasteiger partial charge in [-0.2, -0.15) is 0 Å². The molecule has 1 nitrogen and oxygen atoms in total. The maximum atomic E-state index is 3.64.